The number of benzene rings is 1. The maximum Gasteiger partial charge on any atom is 0.290 e. The highest BCUT2D eigenvalue weighted by atomic mass is 16.5. The highest BCUT2D eigenvalue weighted by molar-refractivity contribution is 6.15. The zero-order valence-corrected chi connectivity index (χ0v) is 19.2. The van der Waals surface area contributed by atoms with Crippen molar-refractivity contribution < 1.29 is 28.6 Å². The van der Waals surface area contributed by atoms with E-state index in [0.29, 0.717) is 25.5 Å². The average Bonchev–Trinajstić information content (AvgIpc) is 3.54. The lowest BCUT2D eigenvalue weighted by Gasteiger charge is -2.28. The minimum absolute atomic E-state index is 0.0314. The molecular weight excluding hydrogens is 422 g/mol. The van der Waals surface area contributed by atoms with Gasteiger partial charge in [0, 0.05) is 13.2 Å². The molecule has 33 heavy (non-hydrogen) atoms. The first-order chi connectivity index (χ1) is 16.0. The number of Topliss-reactive ketones (excluding diaryl/α,β-unsaturated/α-hetero) is 1. The van der Waals surface area contributed by atoms with Crippen LogP contribution in [0.4, 0.5) is 0 Å². The Morgan fingerprint density at radius 1 is 1.18 bits per heavy atom. The van der Waals surface area contributed by atoms with E-state index in [-0.39, 0.29) is 17.4 Å². The van der Waals surface area contributed by atoms with Crippen molar-refractivity contribution in [2.45, 2.75) is 58.1 Å². The fraction of sp³-hybridized carbons (Fsp3) is 0.462. The van der Waals surface area contributed by atoms with E-state index in [9.17, 15) is 14.7 Å². The molecule has 0 saturated carbocycles. The summed E-state index contributed by atoms with van der Waals surface area (Å²) in [4.78, 5) is 27.9. The first-order valence-corrected chi connectivity index (χ1v) is 11.7. The van der Waals surface area contributed by atoms with Gasteiger partial charge in [-0.1, -0.05) is 31.9 Å². The molecule has 1 amide bonds. The smallest absolute Gasteiger partial charge is 0.290 e. The third-order valence-corrected chi connectivity index (χ3v) is 6.15. The predicted molar refractivity (Wildman–Crippen MR) is 122 cm³/mol. The maximum absolute atomic E-state index is 13.3. The summed E-state index contributed by atoms with van der Waals surface area (Å²) in [5.74, 6) is -0.179. The molecule has 0 aliphatic carbocycles. The Morgan fingerprint density at radius 2 is 1.97 bits per heavy atom. The number of aliphatic hydroxyl groups excluding tert-OH is 1. The molecule has 0 radical (unpaired) electrons. The molecule has 176 valence electrons. The van der Waals surface area contributed by atoms with E-state index in [4.69, 9.17) is 13.9 Å². The zero-order valence-electron chi connectivity index (χ0n) is 19.2. The molecule has 2 atom stereocenters. The minimum Gasteiger partial charge on any atom is -0.503 e. The van der Waals surface area contributed by atoms with Gasteiger partial charge in [0.25, 0.3) is 5.91 Å². The summed E-state index contributed by atoms with van der Waals surface area (Å²) in [5.41, 5.74) is 0.752. The summed E-state index contributed by atoms with van der Waals surface area (Å²) in [6.45, 7) is 5.48. The van der Waals surface area contributed by atoms with Crippen LogP contribution in [-0.4, -0.2) is 47.6 Å². The van der Waals surface area contributed by atoms with E-state index in [2.05, 4.69) is 6.92 Å². The molecule has 1 aromatic heterocycles. The molecule has 2 aliphatic rings. The number of nitrogens with zero attached hydrogens (tertiary/aromatic N) is 1. The van der Waals surface area contributed by atoms with Crippen LogP contribution in [0.1, 0.15) is 66.9 Å². The topological polar surface area (TPSA) is 89.2 Å². The highest BCUT2D eigenvalue weighted by Crippen LogP contribution is 2.40. The summed E-state index contributed by atoms with van der Waals surface area (Å²) < 4.78 is 17.0. The molecule has 7 heteroatoms. The summed E-state index contributed by atoms with van der Waals surface area (Å²) in [5, 5.41) is 10.8. The Morgan fingerprint density at radius 3 is 2.61 bits per heavy atom. The second-order valence-electron chi connectivity index (χ2n) is 8.62. The van der Waals surface area contributed by atoms with Gasteiger partial charge in [0.15, 0.2) is 11.5 Å². The molecule has 0 bridgehead atoms. The molecular formula is C26H31NO6. The third kappa shape index (κ3) is 4.98. The van der Waals surface area contributed by atoms with Gasteiger partial charge in [-0.15, -0.1) is 0 Å². The molecule has 4 rings (SSSR count). The van der Waals surface area contributed by atoms with Crippen LogP contribution in [0.3, 0.4) is 0 Å². The maximum atomic E-state index is 13.3. The monoisotopic (exact) mass is 453 g/mol. The molecule has 1 aromatic carbocycles. The Labute approximate surface area is 194 Å². The summed E-state index contributed by atoms with van der Waals surface area (Å²) in [6, 6.07) is 9.88. The van der Waals surface area contributed by atoms with E-state index in [1.165, 1.54) is 4.90 Å². The fourth-order valence-corrected chi connectivity index (χ4v) is 4.41. The molecule has 1 N–H and O–H groups in total. The molecule has 2 aliphatic heterocycles. The lowest BCUT2D eigenvalue weighted by Crippen LogP contribution is -2.37. The van der Waals surface area contributed by atoms with Crippen LogP contribution in [-0.2, 0) is 9.53 Å². The van der Waals surface area contributed by atoms with E-state index >= 15 is 0 Å². The van der Waals surface area contributed by atoms with Crippen LogP contribution in [0.25, 0.3) is 0 Å². The Bertz CT molecular complexity index is 1020. The van der Waals surface area contributed by atoms with E-state index in [0.717, 1.165) is 43.4 Å². The van der Waals surface area contributed by atoms with Gasteiger partial charge in [0.2, 0.25) is 5.78 Å². The average molecular weight is 454 g/mol. The van der Waals surface area contributed by atoms with E-state index in [1.54, 1.807) is 19.1 Å². The number of unbranched alkanes of at least 4 members (excludes halogenated alkanes) is 2. The number of ketones is 1. The highest BCUT2D eigenvalue weighted by Gasteiger charge is 2.45. The second-order valence-corrected chi connectivity index (χ2v) is 8.62. The van der Waals surface area contributed by atoms with Crippen LogP contribution >= 0.6 is 0 Å². The number of hydrogen-bond donors (Lipinski definition) is 1. The number of hydrogen-bond acceptors (Lipinski definition) is 6. The number of furan rings is 1. The van der Waals surface area contributed by atoms with Crippen molar-refractivity contribution in [3.05, 3.63) is 64.8 Å². The normalized spacial score (nSPS) is 20.7. The summed E-state index contributed by atoms with van der Waals surface area (Å²) in [7, 11) is 0. The second kappa shape index (κ2) is 10.3. The fourth-order valence-electron chi connectivity index (χ4n) is 4.41. The lowest BCUT2D eigenvalue weighted by atomic mass is 9.95. The number of carbonyl (C=O) groups excluding carboxylic acids is 2. The molecule has 1 saturated heterocycles. The number of amides is 1. The Kier molecular flexibility index (Phi) is 7.18. The van der Waals surface area contributed by atoms with Crippen LogP contribution in [0.5, 0.6) is 5.75 Å². The minimum atomic E-state index is -0.728. The van der Waals surface area contributed by atoms with E-state index in [1.807, 2.05) is 24.3 Å². The molecule has 7 nitrogen and oxygen atoms in total. The van der Waals surface area contributed by atoms with E-state index < -0.39 is 23.5 Å². The largest absolute Gasteiger partial charge is 0.503 e. The van der Waals surface area contributed by atoms with Gasteiger partial charge in [0.1, 0.15) is 11.5 Å². The van der Waals surface area contributed by atoms with Crippen LogP contribution in [0.2, 0.25) is 0 Å². The van der Waals surface area contributed by atoms with Crippen molar-refractivity contribution in [2.75, 3.05) is 19.8 Å². The number of rotatable bonds is 10. The SMILES string of the molecule is CCCCCOc1ccc(C2C(C(=O)c3ccc(C)o3)=C(O)C(=O)N2CC2CCCO2)cc1. The number of aryl methyl sites for hydroxylation is 1. The Balaban J connectivity index is 1.63. The molecule has 3 heterocycles. The van der Waals surface area contributed by atoms with Crippen molar-refractivity contribution in [2.24, 2.45) is 0 Å². The molecule has 2 unspecified atom stereocenters. The third-order valence-electron chi connectivity index (χ3n) is 6.15. The lowest BCUT2D eigenvalue weighted by molar-refractivity contribution is -0.131. The first-order valence-electron chi connectivity index (χ1n) is 11.7. The van der Waals surface area contributed by atoms with Gasteiger partial charge in [-0.25, -0.2) is 0 Å². The van der Waals surface area contributed by atoms with Crippen molar-refractivity contribution in [1.29, 1.82) is 0 Å². The van der Waals surface area contributed by atoms with Gasteiger partial charge in [0.05, 0.1) is 24.3 Å². The standard InChI is InChI=1S/C26H31NO6/c1-3-4-5-14-31-19-11-9-18(10-12-19)23-22(24(28)21-13-8-17(2)33-21)25(29)26(30)27(23)16-20-7-6-15-32-20/h8-13,20,23,29H,3-7,14-16H2,1-2H3. The van der Waals surface area contributed by atoms with Crippen LogP contribution in [0.15, 0.2) is 52.1 Å². The van der Waals surface area contributed by atoms with Crippen molar-refractivity contribution >= 4 is 11.7 Å². The molecule has 0 spiro atoms. The van der Waals surface area contributed by atoms with Crippen LogP contribution in [0, 0.1) is 6.92 Å². The zero-order chi connectivity index (χ0) is 23.4. The van der Waals surface area contributed by atoms with Gasteiger partial charge in [-0.05, 0) is 56.0 Å². The number of carbonyl (C=O) groups is 2. The number of aliphatic hydroxyl groups is 1. The molecule has 2 aromatic rings. The van der Waals surface area contributed by atoms with Crippen molar-refractivity contribution in [3.63, 3.8) is 0 Å². The quantitative estimate of drug-likeness (QED) is 0.406. The van der Waals surface area contributed by atoms with Gasteiger partial charge < -0.3 is 23.9 Å². The van der Waals surface area contributed by atoms with Gasteiger partial charge in [-0.3, -0.25) is 9.59 Å². The number of ether oxygens (including phenoxy) is 2. The predicted octanol–water partition coefficient (Wildman–Crippen LogP) is 4.91. The van der Waals surface area contributed by atoms with Crippen molar-refractivity contribution in [3.8, 4) is 5.75 Å². The Hall–Kier alpha value is -3.06. The van der Waals surface area contributed by atoms with Gasteiger partial charge in [-0.2, -0.15) is 0 Å². The van der Waals surface area contributed by atoms with Gasteiger partial charge >= 0.3 is 0 Å². The molecule has 1 fully saturated rings. The summed E-state index contributed by atoms with van der Waals surface area (Å²) >= 11 is 0. The summed E-state index contributed by atoms with van der Waals surface area (Å²) in [6.07, 6.45) is 4.87. The first kappa shape index (κ1) is 23.1. The van der Waals surface area contributed by atoms with Crippen LogP contribution < -0.4 is 4.74 Å². The van der Waals surface area contributed by atoms with Crippen molar-refractivity contribution in [1.82, 2.24) is 4.90 Å².